The summed E-state index contributed by atoms with van der Waals surface area (Å²) in [6, 6.07) is 0. The number of aromatic hydroxyl groups is 3. The molecule has 0 radical (unpaired) electrons. The van der Waals surface area contributed by atoms with Gasteiger partial charge in [-0.2, -0.15) is 0 Å². The molecule has 30 heavy (non-hydrogen) atoms. The zero-order valence-corrected chi connectivity index (χ0v) is 17.1. The fourth-order valence-electron chi connectivity index (χ4n) is 4.87. The molecule has 8 heteroatoms. The molecule has 3 N–H and O–H groups in total. The molecule has 8 nitrogen and oxygen atoms in total. The van der Waals surface area contributed by atoms with Crippen molar-refractivity contribution in [2.24, 2.45) is 0 Å². The molecule has 2 aromatic rings. The van der Waals surface area contributed by atoms with E-state index in [1.807, 2.05) is 0 Å². The van der Waals surface area contributed by atoms with Gasteiger partial charge in [0.2, 0.25) is 5.78 Å². The maximum atomic E-state index is 13.3. The standard InChI is InChI=1S/C22H22O8/c1-8(7-29-10(3)23)12-16(24)13-15(19(27)17(12)25)22(4)6-5-11-9(2)21(28)30-20(14(11)22)18(13)26/h8,24-25,27H,5-7H2,1-4H3. The Balaban J connectivity index is 2.02. The van der Waals surface area contributed by atoms with Crippen LogP contribution in [0.3, 0.4) is 0 Å². The molecule has 4 rings (SSSR count). The number of esters is 1. The van der Waals surface area contributed by atoms with Crippen LogP contribution < -0.4 is 5.63 Å². The Morgan fingerprint density at radius 2 is 1.83 bits per heavy atom. The van der Waals surface area contributed by atoms with E-state index in [1.54, 1.807) is 20.8 Å². The van der Waals surface area contributed by atoms with Crippen LogP contribution in [0.4, 0.5) is 0 Å². The Hall–Kier alpha value is -3.29. The smallest absolute Gasteiger partial charge is 0.339 e. The zero-order valence-electron chi connectivity index (χ0n) is 17.1. The molecule has 0 spiro atoms. The van der Waals surface area contributed by atoms with Crippen molar-refractivity contribution in [2.75, 3.05) is 6.61 Å². The molecular formula is C22H22O8. The third kappa shape index (κ3) is 2.42. The fourth-order valence-corrected chi connectivity index (χ4v) is 4.87. The molecule has 158 valence electrons. The van der Waals surface area contributed by atoms with E-state index in [1.165, 1.54) is 6.92 Å². The summed E-state index contributed by atoms with van der Waals surface area (Å²) in [7, 11) is 0. The van der Waals surface area contributed by atoms with E-state index >= 15 is 0 Å². The van der Waals surface area contributed by atoms with Gasteiger partial charge in [-0.25, -0.2) is 4.79 Å². The number of hydrogen-bond acceptors (Lipinski definition) is 8. The van der Waals surface area contributed by atoms with Gasteiger partial charge in [-0.05, 0) is 25.3 Å². The van der Waals surface area contributed by atoms with Crippen molar-refractivity contribution < 1.29 is 34.1 Å². The molecule has 1 aromatic carbocycles. The quantitative estimate of drug-likeness (QED) is 0.396. The Kier molecular flexibility index (Phi) is 4.24. The van der Waals surface area contributed by atoms with Crippen LogP contribution in [0.1, 0.15) is 77.0 Å². The molecule has 1 aromatic heterocycles. The number of carbonyl (C=O) groups excluding carboxylic acids is 2. The SMILES string of the molecule is CC(=O)OCC(C)c1c(O)c(O)c2c(c1O)C(=O)c1oc(=O)c(C)c3c1C2(C)CC3. The van der Waals surface area contributed by atoms with E-state index in [9.17, 15) is 29.7 Å². The maximum absolute atomic E-state index is 13.3. The molecule has 2 unspecified atom stereocenters. The van der Waals surface area contributed by atoms with E-state index in [0.29, 0.717) is 29.5 Å². The average molecular weight is 414 g/mol. The van der Waals surface area contributed by atoms with Gasteiger partial charge in [-0.1, -0.05) is 13.8 Å². The summed E-state index contributed by atoms with van der Waals surface area (Å²) >= 11 is 0. The Morgan fingerprint density at radius 1 is 1.17 bits per heavy atom. The van der Waals surface area contributed by atoms with E-state index in [2.05, 4.69) is 0 Å². The first kappa shape index (κ1) is 20.0. The van der Waals surface area contributed by atoms with Gasteiger partial charge < -0.3 is 24.5 Å². The van der Waals surface area contributed by atoms with Crippen molar-refractivity contribution in [1.82, 2.24) is 0 Å². The summed E-state index contributed by atoms with van der Waals surface area (Å²) in [6.07, 6.45) is 0.957. The number of carbonyl (C=O) groups is 2. The summed E-state index contributed by atoms with van der Waals surface area (Å²) in [5.41, 5.74) is -0.104. The van der Waals surface area contributed by atoms with Crippen molar-refractivity contribution in [3.05, 3.63) is 49.6 Å². The third-order valence-corrected chi connectivity index (χ3v) is 6.38. The number of phenols is 3. The topological polar surface area (TPSA) is 134 Å². The molecule has 2 aliphatic rings. The number of hydrogen-bond donors (Lipinski definition) is 3. The van der Waals surface area contributed by atoms with Crippen LogP contribution in [0.15, 0.2) is 9.21 Å². The van der Waals surface area contributed by atoms with Gasteiger partial charge in [0.25, 0.3) is 0 Å². The predicted octanol–water partition coefficient (Wildman–Crippen LogP) is 2.53. The summed E-state index contributed by atoms with van der Waals surface area (Å²) in [6.45, 7) is 6.04. The van der Waals surface area contributed by atoms with E-state index in [0.717, 1.165) is 0 Å². The van der Waals surface area contributed by atoms with Crippen LogP contribution >= 0.6 is 0 Å². The second-order valence-corrected chi connectivity index (χ2v) is 8.27. The second-order valence-electron chi connectivity index (χ2n) is 8.27. The number of benzene rings is 1. The molecule has 2 atom stereocenters. The van der Waals surface area contributed by atoms with Crippen LogP contribution in [0.5, 0.6) is 17.2 Å². The molecule has 0 saturated heterocycles. The first-order chi connectivity index (χ1) is 14.0. The van der Waals surface area contributed by atoms with Gasteiger partial charge >= 0.3 is 11.6 Å². The van der Waals surface area contributed by atoms with Crippen molar-refractivity contribution in [3.63, 3.8) is 0 Å². The first-order valence-electron chi connectivity index (χ1n) is 9.67. The molecule has 0 saturated carbocycles. The van der Waals surface area contributed by atoms with Gasteiger partial charge in [0.05, 0.1) is 12.2 Å². The van der Waals surface area contributed by atoms with Gasteiger partial charge in [0.15, 0.2) is 17.3 Å². The molecule has 0 aliphatic heterocycles. The highest BCUT2D eigenvalue weighted by molar-refractivity contribution is 6.14. The monoisotopic (exact) mass is 414 g/mol. The molecule has 1 heterocycles. The van der Waals surface area contributed by atoms with Gasteiger partial charge in [0, 0.05) is 40.5 Å². The number of rotatable bonds is 3. The summed E-state index contributed by atoms with van der Waals surface area (Å²) in [5.74, 6) is -3.73. The molecule has 0 amide bonds. The van der Waals surface area contributed by atoms with Gasteiger partial charge in [0.1, 0.15) is 5.75 Å². The lowest BCUT2D eigenvalue weighted by Crippen LogP contribution is -2.33. The molecular weight excluding hydrogens is 392 g/mol. The van der Waals surface area contributed by atoms with E-state index in [-0.39, 0.29) is 29.1 Å². The predicted molar refractivity (Wildman–Crippen MR) is 104 cm³/mol. The van der Waals surface area contributed by atoms with Crippen LogP contribution in [0.25, 0.3) is 0 Å². The third-order valence-electron chi connectivity index (χ3n) is 6.38. The summed E-state index contributed by atoms with van der Waals surface area (Å²) in [5, 5.41) is 32.6. The summed E-state index contributed by atoms with van der Waals surface area (Å²) < 4.78 is 10.3. The highest BCUT2D eigenvalue weighted by Gasteiger charge is 2.51. The minimum absolute atomic E-state index is 0.111. The normalized spacial score (nSPS) is 19.9. The van der Waals surface area contributed by atoms with E-state index < -0.39 is 46.0 Å². The average Bonchev–Trinajstić information content (AvgIpc) is 3.03. The zero-order chi connectivity index (χ0) is 22.1. The fraction of sp³-hybridized carbons (Fsp3) is 0.409. The van der Waals surface area contributed by atoms with Crippen LogP contribution in [0.2, 0.25) is 0 Å². The van der Waals surface area contributed by atoms with Crippen molar-refractivity contribution in [3.8, 4) is 17.2 Å². The largest absolute Gasteiger partial charge is 0.507 e. The Labute approximate surface area is 171 Å². The number of phenolic OH excluding ortho intramolecular Hbond substituents is 3. The summed E-state index contributed by atoms with van der Waals surface area (Å²) in [4.78, 5) is 36.7. The van der Waals surface area contributed by atoms with Crippen LogP contribution in [0, 0.1) is 6.92 Å². The highest BCUT2D eigenvalue weighted by Crippen LogP contribution is 2.58. The lowest BCUT2D eigenvalue weighted by molar-refractivity contribution is -0.141. The minimum atomic E-state index is -0.924. The second kappa shape index (κ2) is 6.35. The maximum Gasteiger partial charge on any atom is 0.339 e. The van der Waals surface area contributed by atoms with Gasteiger partial charge in [-0.15, -0.1) is 0 Å². The van der Waals surface area contributed by atoms with E-state index in [4.69, 9.17) is 9.15 Å². The minimum Gasteiger partial charge on any atom is -0.507 e. The lowest BCUT2D eigenvalue weighted by atomic mass is 9.68. The number of ketones is 1. The van der Waals surface area contributed by atoms with Crippen molar-refractivity contribution >= 4 is 11.8 Å². The lowest BCUT2D eigenvalue weighted by Gasteiger charge is -2.35. The van der Waals surface area contributed by atoms with Gasteiger partial charge in [-0.3, -0.25) is 9.59 Å². The van der Waals surface area contributed by atoms with Crippen LogP contribution in [-0.2, 0) is 21.4 Å². The number of fused-ring (bicyclic) bond motifs is 2. The van der Waals surface area contributed by atoms with Crippen molar-refractivity contribution in [1.29, 1.82) is 0 Å². The highest BCUT2D eigenvalue weighted by atomic mass is 16.5. The Morgan fingerprint density at radius 3 is 2.47 bits per heavy atom. The first-order valence-corrected chi connectivity index (χ1v) is 9.67. The number of ether oxygens (including phenoxy) is 1. The molecule has 0 fully saturated rings. The Bertz CT molecular complexity index is 1190. The molecule has 0 bridgehead atoms. The van der Waals surface area contributed by atoms with Crippen LogP contribution in [-0.4, -0.2) is 33.7 Å². The molecule has 2 aliphatic carbocycles. The van der Waals surface area contributed by atoms with Crippen molar-refractivity contribution in [2.45, 2.75) is 51.9 Å².